The lowest BCUT2D eigenvalue weighted by Gasteiger charge is -2.35. The van der Waals surface area contributed by atoms with Crippen molar-refractivity contribution in [3.63, 3.8) is 0 Å². The van der Waals surface area contributed by atoms with Crippen molar-refractivity contribution in [1.82, 2.24) is 33.8 Å². The molecular weight excluding hydrogens is 356 g/mol. The first-order valence-corrected chi connectivity index (χ1v) is 9.38. The molecule has 1 aliphatic rings. The van der Waals surface area contributed by atoms with Crippen LogP contribution in [0.5, 0.6) is 0 Å². The fraction of sp³-hybridized carbons (Fsp3) is 0.368. The maximum absolute atomic E-state index is 12.7. The number of imidazole rings is 1. The van der Waals surface area contributed by atoms with E-state index in [1.807, 2.05) is 49.1 Å². The second-order valence-electron chi connectivity index (χ2n) is 7.21. The number of aromatic nitrogens is 6. The van der Waals surface area contributed by atoms with Crippen molar-refractivity contribution in [2.75, 3.05) is 31.1 Å². The maximum atomic E-state index is 12.7. The molecule has 0 aliphatic carbocycles. The van der Waals surface area contributed by atoms with Gasteiger partial charge in [-0.15, -0.1) is 0 Å². The van der Waals surface area contributed by atoms with E-state index in [1.165, 1.54) is 0 Å². The fourth-order valence-corrected chi connectivity index (χ4v) is 4.00. The summed E-state index contributed by atoms with van der Waals surface area (Å²) in [5.41, 5.74) is 2.81. The molecule has 0 bridgehead atoms. The Bertz CT molecular complexity index is 1210. The van der Waals surface area contributed by atoms with Gasteiger partial charge in [0, 0.05) is 40.3 Å². The van der Waals surface area contributed by atoms with Crippen LogP contribution in [0, 0.1) is 0 Å². The quantitative estimate of drug-likeness (QED) is 0.525. The Morgan fingerprint density at radius 3 is 2.54 bits per heavy atom. The van der Waals surface area contributed by atoms with Gasteiger partial charge in [0.25, 0.3) is 0 Å². The van der Waals surface area contributed by atoms with Gasteiger partial charge in [-0.05, 0) is 12.1 Å². The van der Waals surface area contributed by atoms with Crippen LogP contribution in [-0.4, -0.2) is 60.0 Å². The lowest BCUT2D eigenvalue weighted by atomic mass is 10.3. The average Bonchev–Trinajstić information content (AvgIpc) is 3.22. The number of rotatable bonds is 3. The van der Waals surface area contributed by atoms with Gasteiger partial charge in [-0.1, -0.05) is 12.1 Å². The number of nitrogens with zero attached hydrogens (tertiary/aromatic N) is 8. The van der Waals surface area contributed by atoms with Crippen LogP contribution in [0.25, 0.3) is 22.1 Å². The SMILES string of the molecule is Cn1ncc2c(N3CCN(Cn4c(=O)n(C)c5ccccc54)CC3)ncnc21. The summed E-state index contributed by atoms with van der Waals surface area (Å²) < 4.78 is 5.34. The zero-order valence-corrected chi connectivity index (χ0v) is 16.0. The summed E-state index contributed by atoms with van der Waals surface area (Å²) >= 11 is 0. The average molecular weight is 378 g/mol. The Morgan fingerprint density at radius 1 is 1.00 bits per heavy atom. The molecule has 0 atom stereocenters. The second kappa shape index (κ2) is 6.45. The number of fused-ring (bicyclic) bond motifs is 2. The Labute approximate surface area is 161 Å². The van der Waals surface area contributed by atoms with Crippen molar-refractivity contribution in [3.8, 4) is 0 Å². The molecule has 144 valence electrons. The number of anilines is 1. The molecule has 1 aliphatic heterocycles. The van der Waals surface area contributed by atoms with Gasteiger partial charge in [0.15, 0.2) is 5.65 Å². The number of aryl methyl sites for hydroxylation is 2. The second-order valence-corrected chi connectivity index (χ2v) is 7.21. The van der Waals surface area contributed by atoms with Gasteiger partial charge in [-0.2, -0.15) is 5.10 Å². The largest absolute Gasteiger partial charge is 0.353 e. The topological polar surface area (TPSA) is 77.0 Å². The molecule has 1 fully saturated rings. The molecule has 0 spiro atoms. The number of piperazine rings is 1. The Hall–Kier alpha value is -3.20. The number of hydrogen-bond acceptors (Lipinski definition) is 6. The van der Waals surface area contributed by atoms with Crippen molar-refractivity contribution in [1.29, 1.82) is 0 Å². The molecule has 0 N–H and O–H groups in total. The number of benzene rings is 1. The van der Waals surface area contributed by atoms with Crippen LogP contribution in [0.2, 0.25) is 0 Å². The van der Waals surface area contributed by atoms with Gasteiger partial charge < -0.3 is 4.90 Å². The molecule has 0 saturated carbocycles. The summed E-state index contributed by atoms with van der Waals surface area (Å²) in [5.74, 6) is 0.931. The highest BCUT2D eigenvalue weighted by atomic mass is 16.1. The highest BCUT2D eigenvalue weighted by Gasteiger charge is 2.22. The van der Waals surface area contributed by atoms with Crippen LogP contribution in [-0.2, 0) is 20.8 Å². The van der Waals surface area contributed by atoms with E-state index < -0.39 is 0 Å². The molecule has 0 unspecified atom stereocenters. The molecule has 0 amide bonds. The Morgan fingerprint density at radius 2 is 1.75 bits per heavy atom. The van der Waals surface area contributed by atoms with E-state index in [9.17, 15) is 4.79 Å². The van der Waals surface area contributed by atoms with Crippen LogP contribution in [0.4, 0.5) is 5.82 Å². The predicted molar refractivity (Wildman–Crippen MR) is 107 cm³/mol. The van der Waals surface area contributed by atoms with E-state index in [0.29, 0.717) is 6.67 Å². The molecule has 28 heavy (non-hydrogen) atoms. The lowest BCUT2D eigenvalue weighted by Crippen LogP contribution is -2.48. The summed E-state index contributed by atoms with van der Waals surface area (Å²) in [5, 5.41) is 5.28. The minimum atomic E-state index is 0.0245. The van der Waals surface area contributed by atoms with Gasteiger partial charge in [0.2, 0.25) is 0 Å². The molecule has 9 heteroatoms. The third-order valence-corrected chi connectivity index (χ3v) is 5.57. The molecule has 3 aromatic heterocycles. The van der Waals surface area contributed by atoms with Crippen molar-refractivity contribution in [3.05, 3.63) is 47.3 Å². The monoisotopic (exact) mass is 378 g/mol. The van der Waals surface area contributed by atoms with Gasteiger partial charge in [-0.25, -0.2) is 14.8 Å². The van der Waals surface area contributed by atoms with E-state index in [0.717, 1.165) is 54.1 Å². The molecule has 5 rings (SSSR count). The van der Waals surface area contributed by atoms with Crippen molar-refractivity contribution in [2.45, 2.75) is 6.67 Å². The summed E-state index contributed by atoms with van der Waals surface area (Å²) in [6.07, 6.45) is 3.42. The Kier molecular flexibility index (Phi) is 3.90. The molecule has 9 nitrogen and oxygen atoms in total. The standard InChI is InChI=1S/C19H22N8O/c1-23-15-5-3-4-6-16(15)27(19(23)28)13-25-7-9-26(10-8-25)18-14-11-22-24(2)17(14)20-12-21-18/h3-6,11-12H,7-10,13H2,1-2H3. The van der Waals surface area contributed by atoms with Crippen LogP contribution >= 0.6 is 0 Å². The molecular formula is C19H22N8O. The first-order valence-electron chi connectivity index (χ1n) is 9.38. The Balaban J connectivity index is 1.36. The van der Waals surface area contributed by atoms with Gasteiger partial charge >= 0.3 is 5.69 Å². The normalized spacial score (nSPS) is 15.7. The van der Waals surface area contributed by atoms with Crippen LogP contribution in [0.3, 0.4) is 0 Å². The van der Waals surface area contributed by atoms with Gasteiger partial charge in [-0.3, -0.25) is 18.7 Å². The highest BCUT2D eigenvalue weighted by molar-refractivity contribution is 5.86. The first-order chi connectivity index (χ1) is 13.6. The minimum absolute atomic E-state index is 0.0245. The van der Waals surface area contributed by atoms with E-state index in [-0.39, 0.29) is 5.69 Å². The van der Waals surface area contributed by atoms with E-state index in [1.54, 1.807) is 15.6 Å². The van der Waals surface area contributed by atoms with Gasteiger partial charge in [0.1, 0.15) is 12.1 Å². The first kappa shape index (κ1) is 16.9. The third-order valence-electron chi connectivity index (χ3n) is 5.57. The van der Waals surface area contributed by atoms with Crippen molar-refractivity contribution >= 4 is 27.9 Å². The third kappa shape index (κ3) is 2.58. The van der Waals surface area contributed by atoms with E-state index >= 15 is 0 Å². The van der Waals surface area contributed by atoms with Crippen LogP contribution in [0.1, 0.15) is 0 Å². The van der Waals surface area contributed by atoms with Crippen LogP contribution in [0.15, 0.2) is 41.6 Å². The van der Waals surface area contributed by atoms with Gasteiger partial charge in [0.05, 0.1) is 29.3 Å². The predicted octanol–water partition coefficient (Wildman–Crippen LogP) is 0.796. The van der Waals surface area contributed by atoms with Crippen molar-refractivity contribution in [2.24, 2.45) is 14.1 Å². The van der Waals surface area contributed by atoms with Crippen LogP contribution < -0.4 is 10.6 Å². The number of para-hydroxylation sites is 2. The molecule has 4 heterocycles. The maximum Gasteiger partial charge on any atom is 0.329 e. The van der Waals surface area contributed by atoms with Crippen molar-refractivity contribution < 1.29 is 0 Å². The molecule has 4 aromatic rings. The molecule has 1 saturated heterocycles. The smallest absolute Gasteiger partial charge is 0.329 e. The molecule has 1 aromatic carbocycles. The van der Waals surface area contributed by atoms with E-state index in [4.69, 9.17) is 0 Å². The number of hydrogen-bond donors (Lipinski definition) is 0. The zero-order valence-electron chi connectivity index (χ0n) is 16.0. The fourth-order valence-electron chi connectivity index (χ4n) is 4.00. The summed E-state index contributed by atoms with van der Waals surface area (Å²) in [6, 6.07) is 7.93. The molecule has 0 radical (unpaired) electrons. The lowest BCUT2D eigenvalue weighted by molar-refractivity contribution is 0.205. The summed E-state index contributed by atoms with van der Waals surface area (Å²) in [6.45, 7) is 4.02. The van der Waals surface area contributed by atoms with E-state index in [2.05, 4.69) is 24.9 Å². The summed E-state index contributed by atoms with van der Waals surface area (Å²) in [4.78, 5) is 26.1. The minimum Gasteiger partial charge on any atom is -0.353 e. The zero-order chi connectivity index (χ0) is 19.3. The highest BCUT2D eigenvalue weighted by Crippen LogP contribution is 2.23. The summed E-state index contributed by atoms with van der Waals surface area (Å²) in [7, 11) is 3.71.